The predicted molar refractivity (Wildman–Crippen MR) is 122 cm³/mol. The molecule has 1 saturated carbocycles. The van der Waals surface area contributed by atoms with Crippen molar-refractivity contribution in [3.63, 3.8) is 0 Å². The minimum absolute atomic E-state index is 0.137. The maximum Gasteiger partial charge on any atom is 0.331 e. The lowest BCUT2D eigenvalue weighted by Crippen LogP contribution is -2.57. The van der Waals surface area contributed by atoms with Crippen LogP contribution in [0.25, 0.3) is 6.08 Å². The molecule has 2 N–H and O–H groups in total. The zero-order chi connectivity index (χ0) is 23.4. The van der Waals surface area contributed by atoms with Crippen molar-refractivity contribution in [2.75, 3.05) is 11.9 Å². The third-order valence-corrected chi connectivity index (χ3v) is 5.74. The Morgan fingerprint density at radius 3 is 2.52 bits per heavy atom. The highest BCUT2D eigenvalue weighted by Crippen LogP contribution is 2.28. The Balaban J connectivity index is 1.49. The minimum atomic E-state index is -0.744. The Bertz CT molecular complexity index is 1120. The van der Waals surface area contributed by atoms with Crippen LogP contribution in [0.5, 0.6) is 5.75 Å². The molecule has 0 atom stereocenters. The molecule has 1 saturated heterocycles. The molecule has 0 bridgehead atoms. The molecule has 2 aliphatic rings. The molecule has 0 spiro atoms. The van der Waals surface area contributed by atoms with Gasteiger partial charge in [0, 0.05) is 17.3 Å². The molecule has 0 aromatic heterocycles. The number of rotatable bonds is 6. The van der Waals surface area contributed by atoms with Crippen LogP contribution in [0.1, 0.15) is 36.8 Å². The van der Waals surface area contributed by atoms with Gasteiger partial charge < -0.3 is 10.1 Å². The van der Waals surface area contributed by atoms with Crippen LogP contribution >= 0.6 is 0 Å². The molecule has 2 aromatic carbocycles. The Kier molecular flexibility index (Phi) is 6.53. The summed E-state index contributed by atoms with van der Waals surface area (Å²) in [7, 11) is 0. The molecule has 0 radical (unpaired) electrons. The molecule has 170 valence electrons. The summed E-state index contributed by atoms with van der Waals surface area (Å²) in [6.07, 6.45) is 4.75. The maximum atomic E-state index is 13.0. The summed E-state index contributed by atoms with van der Waals surface area (Å²) in [4.78, 5) is 51.2. The normalized spacial score (nSPS) is 17.9. The van der Waals surface area contributed by atoms with Crippen LogP contribution in [0.4, 0.5) is 10.5 Å². The van der Waals surface area contributed by atoms with Crippen LogP contribution in [0.3, 0.4) is 0 Å². The second kappa shape index (κ2) is 9.68. The standard InChI is InChI=1S/C25H25N3O5/c1-16-10-12-18(13-11-16)26-22(29)15-33-21-9-5-2-6-17(21)14-20-23(30)27-25(32)28(24(20)31)19-7-3-4-8-19/h2,5-6,9-14,19H,3-4,7-8,15H2,1H3,(H,26,29)(H,27,30,32)/b20-14+. The van der Waals surface area contributed by atoms with Crippen molar-refractivity contribution in [2.24, 2.45) is 0 Å². The highest BCUT2D eigenvalue weighted by molar-refractivity contribution is 6.31. The summed E-state index contributed by atoms with van der Waals surface area (Å²) in [5, 5.41) is 5.02. The Morgan fingerprint density at radius 1 is 1.09 bits per heavy atom. The molecule has 0 unspecified atom stereocenters. The third-order valence-electron chi connectivity index (χ3n) is 5.74. The number of para-hydroxylation sites is 1. The van der Waals surface area contributed by atoms with E-state index in [0.29, 0.717) is 17.0 Å². The van der Waals surface area contributed by atoms with Gasteiger partial charge in [-0.25, -0.2) is 4.79 Å². The molecule has 1 aliphatic carbocycles. The molecule has 1 aliphatic heterocycles. The van der Waals surface area contributed by atoms with E-state index in [1.54, 1.807) is 36.4 Å². The van der Waals surface area contributed by atoms with Crippen LogP contribution in [0.15, 0.2) is 54.1 Å². The van der Waals surface area contributed by atoms with Crippen molar-refractivity contribution in [1.82, 2.24) is 10.2 Å². The number of hydrogen-bond acceptors (Lipinski definition) is 5. The zero-order valence-electron chi connectivity index (χ0n) is 18.3. The van der Waals surface area contributed by atoms with Gasteiger partial charge in [0.2, 0.25) is 0 Å². The molecule has 33 heavy (non-hydrogen) atoms. The number of imide groups is 2. The SMILES string of the molecule is Cc1ccc(NC(=O)COc2ccccc2/C=C2\C(=O)NC(=O)N(C3CCCC3)C2=O)cc1. The first-order chi connectivity index (χ1) is 15.9. The van der Waals surface area contributed by atoms with E-state index in [-0.39, 0.29) is 24.1 Å². The molecule has 8 heteroatoms. The molecule has 5 amide bonds. The smallest absolute Gasteiger partial charge is 0.331 e. The lowest BCUT2D eigenvalue weighted by molar-refractivity contribution is -0.131. The minimum Gasteiger partial charge on any atom is -0.483 e. The quantitative estimate of drug-likeness (QED) is 0.522. The Labute approximate surface area is 191 Å². The van der Waals surface area contributed by atoms with Gasteiger partial charge in [-0.3, -0.25) is 24.6 Å². The number of hydrogen-bond donors (Lipinski definition) is 2. The van der Waals surface area contributed by atoms with Crippen LogP contribution < -0.4 is 15.4 Å². The van der Waals surface area contributed by atoms with Gasteiger partial charge in [-0.05, 0) is 44.0 Å². The van der Waals surface area contributed by atoms with Crippen molar-refractivity contribution >= 4 is 35.5 Å². The number of urea groups is 1. The number of barbiturate groups is 1. The van der Waals surface area contributed by atoms with Gasteiger partial charge in [-0.1, -0.05) is 48.7 Å². The summed E-state index contributed by atoms with van der Waals surface area (Å²) in [5.74, 6) is -1.35. The Morgan fingerprint density at radius 2 is 1.79 bits per heavy atom. The fourth-order valence-electron chi connectivity index (χ4n) is 4.03. The van der Waals surface area contributed by atoms with Crippen LogP contribution in [-0.4, -0.2) is 41.3 Å². The molecular formula is C25H25N3O5. The van der Waals surface area contributed by atoms with Gasteiger partial charge >= 0.3 is 6.03 Å². The van der Waals surface area contributed by atoms with E-state index in [2.05, 4.69) is 10.6 Å². The number of benzene rings is 2. The van der Waals surface area contributed by atoms with Crippen LogP contribution in [0.2, 0.25) is 0 Å². The van der Waals surface area contributed by atoms with Crippen molar-refractivity contribution in [2.45, 2.75) is 38.6 Å². The first kappa shape index (κ1) is 22.3. The number of nitrogens with zero attached hydrogens (tertiary/aromatic N) is 1. The van der Waals surface area contributed by atoms with E-state index in [9.17, 15) is 19.2 Å². The maximum absolute atomic E-state index is 13.0. The van der Waals surface area contributed by atoms with E-state index in [1.165, 1.54) is 6.08 Å². The first-order valence-corrected chi connectivity index (χ1v) is 10.9. The van der Waals surface area contributed by atoms with E-state index in [0.717, 1.165) is 36.1 Å². The number of anilines is 1. The molecule has 4 rings (SSSR count). The Hall–Kier alpha value is -3.94. The molecule has 8 nitrogen and oxygen atoms in total. The molecule has 2 fully saturated rings. The summed E-state index contributed by atoms with van der Waals surface area (Å²) >= 11 is 0. The fourth-order valence-corrected chi connectivity index (χ4v) is 4.03. The summed E-state index contributed by atoms with van der Waals surface area (Å²) in [6, 6.07) is 13.3. The lowest BCUT2D eigenvalue weighted by atomic mass is 10.0. The predicted octanol–water partition coefficient (Wildman–Crippen LogP) is 3.42. The van der Waals surface area contributed by atoms with Gasteiger partial charge in [0.05, 0.1) is 0 Å². The van der Waals surface area contributed by atoms with Crippen molar-refractivity contribution in [3.05, 3.63) is 65.2 Å². The number of carbonyl (C=O) groups is 4. The van der Waals surface area contributed by atoms with Crippen molar-refractivity contribution in [1.29, 1.82) is 0 Å². The number of nitrogens with one attached hydrogen (secondary N) is 2. The van der Waals surface area contributed by atoms with Gasteiger partial charge in [0.15, 0.2) is 6.61 Å². The lowest BCUT2D eigenvalue weighted by Gasteiger charge is -2.31. The van der Waals surface area contributed by atoms with Gasteiger partial charge in [-0.15, -0.1) is 0 Å². The summed E-state index contributed by atoms with van der Waals surface area (Å²) < 4.78 is 5.67. The molecule has 2 aromatic rings. The number of ether oxygens (including phenoxy) is 1. The largest absolute Gasteiger partial charge is 0.483 e. The number of amides is 5. The molecular weight excluding hydrogens is 422 g/mol. The summed E-state index contributed by atoms with van der Waals surface area (Å²) in [5.41, 5.74) is 2.06. The fraction of sp³-hybridized carbons (Fsp3) is 0.280. The third kappa shape index (κ3) is 5.11. The highest BCUT2D eigenvalue weighted by Gasteiger charge is 2.40. The van der Waals surface area contributed by atoms with Crippen LogP contribution in [0, 0.1) is 6.92 Å². The van der Waals surface area contributed by atoms with Gasteiger partial charge in [0.1, 0.15) is 11.3 Å². The summed E-state index contributed by atoms with van der Waals surface area (Å²) in [6.45, 7) is 1.71. The number of carbonyl (C=O) groups excluding carboxylic acids is 4. The highest BCUT2D eigenvalue weighted by atomic mass is 16.5. The second-order valence-electron chi connectivity index (χ2n) is 8.17. The van der Waals surface area contributed by atoms with E-state index >= 15 is 0 Å². The van der Waals surface area contributed by atoms with Gasteiger partial charge in [0.25, 0.3) is 17.7 Å². The monoisotopic (exact) mass is 447 g/mol. The molecule has 1 heterocycles. The average Bonchev–Trinajstić information content (AvgIpc) is 3.31. The van der Waals surface area contributed by atoms with E-state index in [4.69, 9.17) is 4.74 Å². The average molecular weight is 447 g/mol. The van der Waals surface area contributed by atoms with Crippen molar-refractivity contribution < 1.29 is 23.9 Å². The van der Waals surface area contributed by atoms with Crippen LogP contribution in [-0.2, 0) is 14.4 Å². The van der Waals surface area contributed by atoms with E-state index in [1.807, 2.05) is 19.1 Å². The second-order valence-corrected chi connectivity index (χ2v) is 8.17. The van der Waals surface area contributed by atoms with E-state index < -0.39 is 17.8 Å². The van der Waals surface area contributed by atoms with Crippen molar-refractivity contribution in [3.8, 4) is 5.75 Å². The van der Waals surface area contributed by atoms with Gasteiger partial charge in [-0.2, -0.15) is 0 Å². The first-order valence-electron chi connectivity index (χ1n) is 10.9. The number of aryl methyl sites for hydroxylation is 1. The zero-order valence-corrected chi connectivity index (χ0v) is 18.3. The topological polar surface area (TPSA) is 105 Å².